The lowest BCUT2D eigenvalue weighted by molar-refractivity contribution is 0.429. The minimum absolute atomic E-state index is 0.172. The molecule has 0 fully saturated rings. The molecule has 0 saturated heterocycles. The van der Waals surface area contributed by atoms with E-state index in [9.17, 15) is 14.6 Å². The average Bonchev–Trinajstić information content (AvgIpc) is 1.96. The topological polar surface area (TPSA) is 40.5 Å². The van der Waals surface area contributed by atoms with Crippen molar-refractivity contribution in [2.24, 2.45) is 0 Å². The summed E-state index contributed by atoms with van der Waals surface area (Å²) in [6.07, 6.45) is 1.35. The van der Waals surface area contributed by atoms with Gasteiger partial charge in [-0.3, -0.25) is 0 Å². The number of benzene rings is 1. The van der Waals surface area contributed by atoms with Crippen LogP contribution in [0.3, 0.4) is 0 Å². The van der Waals surface area contributed by atoms with Gasteiger partial charge >= 0.3 is 0 Å². The molecule has 0 unspecified atom stereocenters. The first-order chi connectivity index (χ1) is 5.65. The number of hydrogen-bond acceptors (Lipinski definition) is 2. The van der Waals surface area contributed by atoms with E-state index in [0.29, 0.717) is 12.0 Å². The van der Waals surface area contributed by atoms with Gasteiger partial charge in [0.05, 0.1) is 0 Å². The van der Waals surface area contributed by atoms with Crippen molar-refractivity contribution in [3.8, 4) is 11.5 Å². The summed E-state index contributed by atoms with van der Waals surface area (Å²) >= 11 is 0. The fraction of sp³-hybridized carbons (Fsp3) is 0.333. The van der Waals surface area contributed by atoms with E-state index < -0.39 is 5.82 Å². The Morgan fingerprint density at radius 2 is 1.75 bits per heavy atom. The molecule has 2 N–H and O–H groups in total. The van der Waals surface area contributed by atoms with Crippen molar-refractivity contribution in [3.63, 3.8) is 0 Å². The Labute approximate surface area is 70.3 Å². The van der Waals surface area contributed by atoms with Crippen LogP contribution in [0.1, 0.15) is 18.9 Å². The van der Waals surface area contributed by atoms with Gasteiger partial charge < -0.3 is 10.2 Å². The van der Waals surface area contributed by atoms with Crippen LogP contribution in [0.15, 0.2) is 12.1 Å². The number of halogens is 1. The third-order valence-electron chi connectivity index (χ3n) is 1.67. The summed E-state index contributed by atoms with van der Waals surface area (Å²) in [6.45, 7) is 1.92. The Kier molecular flexibility index (Phi) is 2.53. The molecular formula is C9H11FO2. The van der Waals surface area contributed by atoms with Crippen molar-refractivity contribution in [1.29, 1.82) is 0 Å². The van der Waals surface area contributed by atoms with Crippen LogP contribution in [-0.2, 0) is 6.42 Å². The molecule has 2 nitrogen and oxygen atoms in total. The smallest absolute Gasteiger partial charge is 0.130 e. The zero-order valence-electron chi connectivity index (χ0n) is 6.84. The first-order valence-electron chi connectivity index (χ1n) is 3.85. The van der Waals surface area contributed by atoms with Gasteiger partial charge in [-0.2, -0.15) is 0 Å². The fourth-order valence-corrected chi connectivity index (χ4v) is 1.11. The minimum atomic E-state index is -0.621. The summed E-state index contributed by atoms with van der Waals surface area (Å²) in [7, 11) is 0. The Balaban J connectivity index is 3.10. The molecule has 3 heteroatoms. The molecule has 0 atom stereocenters. The highest BCUT2D eigenvalue weighted by Crippen LogP contribution is 2.28. The third kappa shape index (κ3) is 1.67. The van der Waals surface area contributed by atoms with Crippen LogP contribution in [0.4, 0.5) is 4.39 Å². The molecular weight excluding hydrogens is 159 g/mol. The average molecular weight is 170 g/mol. The Bertz CT molecular complexity index is 261. The summed E-state index contributed by atoms with van der Waals surface area (Å²) in [4.78, 5) is 0. The van der Waals surface area contributed by atoms with Gasteiger partial charge in [0.2, 0.25) is 0 Å². The fourth-order valence-electron chi connectivity index (χ4n) is 1.11. The number of phenolic OH excluding ortho intramolecular Hbond substituents is 2. The van der Waals surface area contributed by atoms with E-state index in [1.165, 1.54) is 0 Å². The monoisotopic (exact) mass is 170 g/mol. The lowest BCUT2D eigenvalue weighted by Gasteiger charge is -2.05. The van der Waals surface area contributed by atoms with Crippen molar-refractivity contribution in [1.82, 2.24) is 0 Å². The van der Waals surface area contributed by atoms with E-state index in [1.54, 1.807) is 0 Å². The van der Waals surface area contributed by atoms with Crippen molar-refractivity contribution >= 4 is 0 Å². The minimum Gasteiger partial charge on any atom is -0.507 e. The van der Waals surface area contributed by atoms with Crippen LogP contribution in [-0.4, -0.2) is 10.2 Å². The standard InChI is InChI=1S/C9H11FO2/c1-2-3-7-8(11)4-6(10)5-9(7)12/h4-5,11-12H,2-3H2,1H3. The lowest BCUT2D eigenvalue weighted by atomic mass is 10.1. The zero-order valence-corrected chi connectivity index (χ0v) is 6.84. The van der Waals surface area contributed by atoms with Crippen molar-refractivity contribution < 1.29 is 14.6 Å². The van der Waals surface area contributed by atoms with Crippen molar-refractivity contribution in [2.75, 3.05) is 0 Å². The lowest BCUT2D eigenvalue weighted by Crippen LogP contribution is -1.87. The maximum atomic E-state index is 12.5. The molecule has 0 heterocycles. The highest BCUT2D eigenvalue weighted by molar-refractivity contribution is 5.43. The van der Waals surface area contributed by atoms with E-state index in [0.717, 1.165) is 18.6 Å². The predicted octanol–water partition coefficient (Wildman–Crippen LogP) is 2.19. The molecule has 0 aliphatic carbocycles. The second-order valence-electron chi connectivity index (χ2n) is 2.67. The number of rotatable bonds is 2. The molecule has 0 aliphatic rings. The number of aromatic hydroxyl groups is 2. The number of hydrogen-bond donors (Lipinski definition) is 2. The van der Waals surface area contributed by atoms with Gasteiger partial charge in [-0.25, -0.2) is 4.39 Å². The molecule has 0 aliphatic heterocycles. The summed E-state index contributed by atoms with van der Waals surface area (Å²) < 4.78 is 12.5. The molecule has 1 rings (SSSR count). The summed E-state index contributed by atoms with van der Waals surface area (Å²) in [6, 6.07) is 2.01. The van der Waals surface area contributed by atoms with Crippen LogP contribution in [0.25, 0.3) is 0 Å². The van der Waals surface area contributed by atoms with Crippen LogP contribution in [0.5, 0.6) is 11.5 Å². The Morgan fingerprint density at radius 3 is 2.17 bits per heavy atom. The normalized spacial score (nSPS) is 10.2. The molecule has 0 amide bonds. The van der Waals surface area contributed by atoms with Gasteiger partial charge in [0.15, 0.2) is 0 Å². The molecule has 0 saturated carbocycles. The zero-order chi connectivity index (χ0) is 9.14. The van der Waals surface area contributed by atoms with Gasteiger partial charge in [0, 0.05) is 17.7 Å². The van der Waals surface area contributed by atoms with E-state index >= 15 is 0 Å². The van der Waals surface area contributed by atoms with E-state index in [1.807, 2.05) is 6.92 Å². The SMILES string of the molecule is CCCc1c(O)cc(F)cc1O. The largest absolute Gasteiger partial charge is 0.507 e. The quantitative estimate of drug-likeness (QED) is 0.714. The summed E-state index contributed by atoms with van der Waals surface area (Å²) in [5.41, 5.74) is 0.416. The maximum absolute atomic E-state index is 12.5. The maximum Gasteiger partial charge on any atom is 0.130 e. The summed E-state index contributed by atoms with van der Waals surface area (Å²) in [5, 5.41) is 18.4. The van der Waals surface area contributed by atoms with Gasteiger partial charge in [-0.05, 0) is 6.42 Å². The third-order valence-corrected chi connectivity index (χ3v) is 1.67. The van der Waals surface area contributed by atoms with E-state index in [4.69, 9.17) is 0 Å². The first kappa shape index (κ1) is 8.84. The molecule has 1 aromatic carbocycles. The molecule has 1 aromatic rings. The summed E-state index contributed by atoms with van der Waals surface area (Å²) in [5.74, 6) is -0.964. The molecule has 0 aromatic heterocycles. The molecule has 0 spiro atoms. The first-order valence-corrected chi connectivity index (χ1v) is 3.85. The van der Waals surface area contributed by atoms with Crippen LogP contribution >= 0.6 is 0 Å². The van der Waals surface area contributed by atoms with E-state index in [-0.39, 0.29) is 11.5 Å². The van der Waals surface area contributed by atoms with E-state index in [2.05, 4.69) is 0 Å². The number of phenols is 2. The van der Waals surface area contributed by atoms with Gasteiger partial charge in [-0.15, -0.1) is 0 Å². The molecule has 66 valence electrons. The molecule has 12 heavy (non-hydrogen) atoms. The van der Waals surface area contributed by atoms with Crippen molar-refractivity contribution in [2.45, 2.75) is 19.8 Å². The highest BCUT2D eigenvalue weighted by atomic mass is 19.1. The molecule has 0 bridgehead atoms. The van der Waals surface area contributed by atoms with Crippen LogP contribution in [0, 0.1) is 5.82 Å². The van der Waals surface area contributed by atoms with Gasteiger partial charge in [0.25, 0.3) is 0 Å². The van der Waals surface area contributed by atoms with Crippen LogP contribution < -0.4 is 0 Å². The Morgan fingerprint density at radius 1 is 1.25 bits per heavy atom. The highest BCUT2D eigenvalue weighted by Gasteiger charge is 2.08. The second kappa shape index (κ2) is 3.43. The van der Waals surface area contributed by atoms with Crippen molar-refractivity contribution in [3.05, 3.63) is 23.5 Å². The Hall–Kier alpha value is -1.25. The van der Waals surface area contributed by atoms with Crippen LogP contribution in [0.2, 0.25) is 0 Å². The van der Waals surface area contributed by atoms with Gasteiger partial charge in [-0.1, -0.05) is 13.3 Å². The predicted molar refractivity (Wildman–Crippen MR) is 43.7 cm³/mol. The van der Waals surface area contributed by atoms with Gasteiger partial charge in [0.1, 0.15) is 17.3 Å². The molecule has 0 radical (unpaired) electrons. The second-order valence-corrected chi connectivity index (χ2v) is 2.67.